The van der Waals surface area contributed by atoms with Crippen molar-refractivity contribution in [2.45, 2.75) is 0 Å². The lowest BCUT2D eigenvalue weighted by atomic mass is 10.0. The molecular formula is C18H10BrClO. The average Bonchev–Trinajstić information content (AvgIpc) is 2.84. The standard InChI is InChI=1S/C18H10BrClO/c19-12-6-7-14-16-10-13(20)9-15(11-4-2-1-3-5-11)18(16)21-17(14)8-12/h1-10H. The second-order valence-electron chi connectivity index (χ2n) is 4.94. The molecule has 0 amide bonds. The quantitative estimate of drug-likeness (QED) is 0.371. The Balaban J connectivity index is 2.14. The highest BCUT2D eigenvalue weighted by Crippen LogP contribution is 2.38. The monoisotopic (exact) mass is 356 g/mol. The van der Waals surface area contributed by atoms with Gasteiger partial charge in [0.2, 0.25) is 0 Å². The fraction of sp³-hybridized carbons (Fsp3) is 0. The molecule has 0 bridgehead atoms. The van der Waals surface area contributed by atoms with E-state index < -0.39 is 0 Å². The Hall–Kier alpha value is -1.77. The third kappa shape index (κ3) is 2.15. The maximum Gasteiger partial charge on any atom is 0.143 e. The van der Waals surface area contributed by atoms with Crippen molar-refractivity contribution in [2.24, 2.45) is 0 Å². The van der Waals surface area contributed by atoms with Gasteiger partial charge in [0.25, 0.3) is 0 Å². The molecule has 1 nitrogen and oxygen atoms in total. The lowest BCUT2D eigenvalue weighted by Gasteiger charge is -2.03. The van der Waals surface area contributed by atoms with Gasteiger partial charge in [-0.05, 0) is 35.9 Å². The van der Waals surface area contributed by atoms with Crippen LogP contribution >= 0.6 is 27.5 Å². The van der Waals surface area contributed by atoms with Gasteiger partial charge in [0.05, 0.1) is 0 Å². The van der Waals surface area contributed by atoms with Gasteiger partial charge in [-0.2, -0.15) is 0 Å². The van der Waals surface area contributed by atoms with Crippen LogP contribution in [-0.4, -0.2) is 0 Å². The molecule has 0 atom stereocenters. The van der Waals surface area contributed by atoms with E-state index in [0.29, 0.717) is 5.02 Å². The van der Waals surface area contributed by atoms with E-state index >= 15 is 0 Å². The minimum atomic E-state index is 0.715. The van der Waals surface area contributed by atoms with E-state index in [2.05, 4.69) is 34.1 Å². The zero-order valence-corrected chi connectivity index (χ0v) is 13.3. The Kier molecular flexibility index (Phi) is 3.02. The van der Waals surface area contributed by atoms with Crippen LogP contribution in [0.4, 0.5) is 0 Å². The summed E-state index contributed by atoms with van der Waals surface area (Å²) in [6, 6.07) is 20.1. The maximum atomic E-state index is 6.31. The molecule has 0 aliphatic heterocycles. The molecule has 3 heteroatoms. The SMILES string of the molecule is Clc1cc(-c2ccccc2)c2oc3cc(Br)ccc3c2c1. The van der Waals surface area contributed by atoms with E-state index in [1.807, 2.05) is 42.5 Å². The number of furan rings is 1. The topological polar surface area (TPSA) is 13.1 Å². The van der Waals surface area contributed by atoms with Gasteiger partial charge in [0, 0.05) is 25.8 Å². The Labute approximate surface area is 135 Å². The molecule has 0 fully saturated rings. The molecule has 21 heavy (non-hydrogen) atoms. The van der Waals surface area contributed by atoms with Crippen molar-refractivity contribution in [3.8, 4) is 11.1 Å². The van der Waals surface area contributed by atoms with Gasteiger partial charge >= 0.3 is 0 Å². The summed E-state index contributed by atoms with van der Waals surface area (Å²) < 4.78 is 7.09. The van der Waals surface area contributed by atoms with Crippen LogP contribution in [0.3, 0.4) is 0 Å². The summed E-state index contributed by atoms with van der Waals surface area (Å²) in [4.78, 5) is 0. The predicted molar refractivity (Wildman–Crippen MR) is 91.9 cm³/mol. The molecule has 0 aliphatic rings. The molecule has 4 rings (SSSR count). The van der Waals surface area contributed by atoms with Gasteiger partial charge in [-0.3, -0.25) is 0 Å². The van der Waals surface area contributed by atoms with Crippen LogP contribution in [0.5, 0.6) is 0 Å². The van der Waals surface area contributed by atoms with Crippen LogP contribution < -0.4 is 0 Å². The molecular weight excluding hydrogens is 348 g/mol. The van der Waals surface area contributed by atoms with Crippen molar-refractivity contribution < 1.29 is 4.42 Å². The fourth-order valence-electron chi connectivity index (χ4n) is 2.65. The Morgan fingerprint density at radius 1 is 0.857 bits per heavy atom. The highest BCUT2D eigenvalue weighted by atomic mass is 79.9. The molecule has 102 valence electrons. The highest BCUT2D eigenvalue weighted by molar-refractivity contribution is 9.10. The summed E-state index contributed by atoms with van der Waals surface area (Å²) in [6.45, 7) is 0. The number of hydrogen-bond donors (Lipinski definition) is 0. The predicted octanol–water partition coefficient (Wildman–Crippen LogP) is 6.67. The maximum absolute atomic E-state index is 6.31. The molecule has 1 aromatic heterocycles. The van der Waals surface area contributed by atoms with Gasteiger partial charge in [0.1, 0.15) is 11.2 Å². The first kappa shape index (κ1) is 12.9. The van der Waals surface area contributed by atoms with Gasteiger partial charge in [-0.1, -0.05) is 57.9 Å². The summed E-state index contributed by atoms with van der Waals surface area (Å²) in [7, 11) is 0. The molecule has 1 heterocycles. The van der Waals surface area contributed by atoms with Crippen LogP contribution in [0.1, 0.15) is 0 Å². The number of rotatable bonds is 1. The number of benzene rings is 3. The minimum Gasteiger partial charge on any atom is -0.455 e. The van der Waals surface area contributed by atoms with Crippen molar-refractivity contribution in [1.82, 2.24) is 0 Å². The summed E-state index contributed by atoms with van der Waals surface area (Å²) in [5.74, 6) is 0. The highest BCUT2D eigenvalue weighted by Gasteiger charge is 2.13. The smallest absolute Gasteiger partial charge is 0.143 e. The molecule has 3 aromatic carbocycles. The van der Waals surface area contributed by atoms with Gasteiger partial charge in [-0.25, -0.2) is 0 Å². The van der Waals surface area contributed by atoms with E-state index in [1.165, 1.54) is 0 Å². The fourth-order valence-corrected chi connectivity index (χ4v) is 3.21. The van der Waals surface area contributed by atoms with Crippen LogP contribution in [0, 0.1) is 0 Å². The van der Waals surface area contributed by atoms with Crippen molar-refractivity contribution in [1.29, 1.82) is 0 Å². The van der Waals surface area contributed by atoms with Gasteiger partial charge in [-0.15, -0.1) is 0 Å². The molecule has 0 spiro atoms. The molecule has 0 N–H and O–H groups in total. The van der Waals surface area contributed by atoms with Crippen molar-refractivity contribution in [3.05, 3.63) is 70.2 Å². The van der Waals surface area contributed by atoms with Gasteiger partial charge in [0.15, 0.2) is 0 Å². The number of halogens is 2. The Morgan fingerprint density at radius 3 is 2.48 bits per heavy atom. The summed E-state index contributed by atoms with van der Waals surface area (Å²) in [5.41, 5.74) is 3.85. The summed E-state index contributed by atoms with van der Waals surface area (Å²) in [6.07, 6.45) is 0. The van der Waals surface area contributed by atoms with Crippen LogP contribution in [0.25, 0.3) is 33.1 Å². The average molecular weight is 358 g/mol. The molecule has 4 aromatic rings. The van der Waals surface area contributed by atoms with Gasteiger partial charge < -0.3 is 4.42 Å². The third-order valence-electron chi connectivity index (χ3n) is 3.58. The van der Waals surface area contributed by atoms with E-state index in [0.717, 1.165) is 37.5 Å². The molecule has 0 saturated carbocycles. The minimum absolute atomic E-state index is 0.715. The van der Waals surface area contributed by atoms with Crippen molar-refractivity contribution in [2.75, 3.05) is 0 Å². The first-order valence-electron chi connectivity index (χ1n) is 6.59. The Morgan fingerprint density at radius 2 is 1.67 bits per heavy atom. The van der Waals surface area contributed by atoms with E-state index in [9.17, 15) is 0 Å². The normalized spacial score (nSPS) is 11.3. The van der Waals surface area contributed by atoms with Crippen LogP contribution in [-0.2, 0) is 0 Å². The zero-order chi connectivity index (χ0) is 14.4. The third-order valence-corrected chi connectivity index (χ3v) is 4.30. The zero-order valence-electron chi connectivity index (χ0n) is 10.9. The summed E-state index contributed by atoms with van der Waals surface area (Å²) >= 11 is 9.79. The van der Waals surface area contributed by atoms with Crippen molar-refractivity contribution >= 4 is 49.5 Å². The lowest BCUT2D eigenvalue weighted by molar-refractivity contribution is 0.670. The number of fused-ring (bicyclic) bond motifs is 3. The van der Waals surface area contributed by atoms with Crippen LogP contribution in [0.2, 0.25) is 5.02 Å². The second kappa shape index (κ2) is 4.90. The van der Waals surface area contributed by atoms with Crippen LogP contribution in [0.15, 0.2) is 69.6 Å². The summed E-state index contributed by atoms with van der Waals surface area (Å²) in [5, 5.41) is 2.84. The number of hydrogen-bond acceptors (Lipinski definition) is 1. The molecule has 0 unspecified atom stereocenters. The first-order chi connectivity index (χ1) is 10.2. The van der Waals surface area contributed by atoms with E-state index in [1.54, 1.807) is 0 Å². The second-order valence-corrected chi connectivity index (χ2v) is 6.29. The lowest BCUT2D eigenvalue weighted by Crippen LogP contribution is -1.79. The van der Waals surface area contributed by atoms with Crippen molar-refractivity contribution in [3.63, 3.8) is 0 Å². The first-order valence-corrected chi connectivity index (χ1v) is 7.76. The largest absolute Gasteiger partial charge is 0.455 e. The van der Waals surface area contributed by atoms with E-state index in [-0.39, 0.29) is 0 Å². The molecule has 0 radical (unpaired) electrons. The molecule has 0 aliphatic carbocycles. The Bertz CT molecular complexity index is 957. The molecule has 0 saturated heterocycles. The van der Waals surface area contributed by atoms with E-state index in [4.69, 9.17) is 16.0 Å².